The first kappa shape index (κ1) is 13.7. The van der Waals surface area contributed by atoms with E-state index in [1.807, 2.05) is 0 Å². The van der Waals surface area contributed by atoms with E-state index in [4.69, 9.17) is 11.6 Å². The van der Waals surface area contributed by atoms with Crippen molar-refractivity contribution in [3.63, 3.8) is 0 Å². The third-order valence-electron chi connectivity index (χ3n) is 3.68. The second-order valence-electron chi connectivity index (χ2n) is 4.96. The smallest absolute Gasteiger partial charge is 0.312 e. The molecule has 0 saturated heterocycles. The SMILES string of the molecule is Fc1ccc2c(c1)nc(CCCl)n2C1(C(F)(F)F)CC1. The fraction of sp³-hybridized carbons (Fsp3) is 0.462. The summed E-state index contributed by atoms with van der Waals surface area (Å²) in [5.41, 5.74) is -1.36. The fourth-order valence-corrected chi connectivity index (χ4v) is 2.75. The van der Waals surface area contributed by atoms with Crippen LogP contribution in [0.2, 0.25) is 0 Å². The Hall–Kier alpha value is -1.30. The second kappa shape index (κ2) is 4.35. The number of imidazole rings is 1. The maximum Gasteiger partial charge on any atom is 0.412 e. The number of rotatable bonds is 3. The van der Waals surface area contributed by atoms with Crippen molar-refractivity contribution in [1.82, 2.24) is 9.55 Å². The van der Waals surface area contributed by atoms with Crippen LogP contribution >= 0.6 is 11.6 Å². The molecule has 20 heavy (non-hydrogen) atoms. The molecular weight excluding hydrogens is 296 g/mol. The van der Waals surface area contributed by atoms with Gasteiger partial charge in [-0.25, -0.2) is 9.37 Å². The molecule has 1 heterocycles. The van der Waals surface area contributed by atoms with Gasteiger partial charge in [-0.1, -0.05) is 0 Å². The molecule has 1 aromatic heterocycles. The van der Waals surface area contributed by atoms with Gasteiger partial charge in [0, 0.05) is 18.4 Å². The maximum absolute atomic E-state index is 13.3. The third-order valence-corrected chi connectivity index (χ3v) is 3.87. The van der Waals surface area contributed by atoms with Crippen molar-refractivity contribution in [2.75, 3.05) is 5.88 Å². The number of benzene rings is 1. The first-order valence-electron chi connectivity index (χ1n) is 6.19. The summed E-state index contributed by atoms with van der Waals surface area (Å²) in [7, 11) is 0. The average molecular weight is 307 g/mol. The molecule has 2 nitrogen and oxygen atoms in total. The highest BCUT2D eigenvalue weighted by Gasteiger charge is 2.65. The van der Waals surface area contributed by atoms with Crippen LogP contribution in [0, 0.1) is 5.82 Å². The zero-order valence-electron chi connectivity index (χ0n) is 10.3. The Labute approximate surface area is 117 Å². The van der Waals surface area contributed by atoms with Crippen molar-refractivity contribution in [3.05, 3.63) is 29.8 Å². The van der Waals surface area contributed by atoms with E-state index in [2.05, 4.69) is 4.98 Å². The summed E-state index contributed by atoms with van der Waals surface area (Å²) in [5, 5.41) is 0. The van der Waals surface area contributed by atoms with Crippen molar-refractivity contribution in [3.8, 4) is 0 Å². The normalized spacial score (nSPS) is 17.6. The zero-order chi connectivity index (χ0) is 14.5. The Bertz CT molecular complexity index is 658. The molecule has 1 aromatic carbocycles. The second-order valence-corrected chi connectivity index (χ2v) is 5.34. The Morgan fingerprint density at radius 2 is 2.00 bits per heavy atom. The van der Waals surface area contributed by atoms with Crippen LogP contribution < -0.4 is 0 Å². The lowest BCUT2D eigenvalue weighted by atomic mass is 10.2. The van der Waals surface area contributed by atoms with Crippen LogP contribution in [0.5, 0.6) is 0 Å². The fourth-order valence-electron chi connectivity index (χ4n) is 2.59. The molecule has 0 unspecified atom stereocenters. The molecule has 2 aromatic rings. The predicted molar refractivity (Wildman–Crippen MR) is 67.4 cm³/mol. The van der Waals surface area contributed by atoms with Crippen molar-refractivity contribution >= 4 is 22.6 Å². The van der Waals surface area contributed by atoms with Crippen LogP contribution in [0.3, 0.4) is 0 Å². The predicted octanol–water partition coefficient (Wildman–Crippen LogP) is 4.01. The molecule has 1 saturated carbocycles. The molecule has 0 bridgehead atoms. The summed E-state index contributed by atoms with van der Waals surface area (Å²) in [5.74, 6) is -0.0911. The summed E-state index contributed by atoms with van der Waals surface area (Å²) in [6, 6.07) is 3.65. The van der Waals surface area contributed by atoms with Crippen LogP contribution in [0.15, 0.2) is 18.2 Å². The quantitative estimate of drug-likeness (QED) is 0.619. The number of nitrogens with zero attached hydrogens (tertiary/aromatic N) is 2. The molecule has 0 aliphatic heterocycles. The van der Waals surface area contributed by atoms with Gasteiger partial charge in [-0.05, 0) is 25.0 Å². The van der Waals surface area contributed by atoms with Crippen LogP contribution in [0.25, 0.3) is 11.0 Å². The number of hydrogen-bond donors (Lipinski definition) is 0. The summed E-state index contributed by atoms with van der Waals surface area (Å²) in [4.78, 5) is 4.12. The summed E-state index contributed by atoms with van der Waals surface area (Å²) >= 11 is 5.64. The lowest BCUT2D eigenvalue weighted by molar-refractivity contribution is -0.179. The van der Waals surface area contributed by atoms with Gasteiger partial charge in [-0.2, -0.15) is 13.2 Å². The van der Waals surface area contributed by atoms with Crippen molar-refractivity contribution in [1.29, 1.82) is 0 Å². The van der Waals surface area contributed by atoms with Crippen molar-refractivity contribution in [2.45, 2.75) is 31.0 Å². The first-order chi connectivity index (χ1) is 9.39. The molecule has 0 N–H and O–H groups in total. The van der Waals surface area contributed by atoms with E-state index >= 15 is 0 Å². The van der Waals surface area contributed by atoms with Gasteiger partial charge in [0.25, 0.3) is 0 Å². The van der Waals surface area contributed by atoms with Gasteiger partial charge >= 0.3 is 6.18 Å². The number of aryl methyl sites for hydroxylation is 1. The van der Waals surface area contributed by atoms with E-state index in [0.29, 0.717) is 5.52 Å². The third kappa shape index (κ3) is 1.89. The number of halogens is 5. The maximum atomic E-state index is 13.3. The Morgan fingerprint density at radius 1 is 1.30 bits per heavy atom. The van der Waals surface area contributed by atoms with Crippen molar-refractivity contribution < 1.29 is 17.6 Å². The molecular formula is C13H11ClF4N2. The van der Waals surface area contributed by atoms with E-state index in [-0.39, 0.29) is 36.5 Å². The lowest BCUT2D eigenvalue weighted by Gasteiger charge is -2.23. The molecule has 7 heteroatoms. The van der Waals surface area contributed by atoms with Gasteiger partial charge in [0.2, 0.25) is 0 Å². The minimum atomic E-state index is -4.35. The van der Waals surface area contributed by atoms with Crippen LogP contribution in [-0.2, 0) is 12.0 Å². The standard InChI is InChI=1S/C13H11ClF4N2/c14-6-3-11-19-9-7-8(15)1-2-10(9)20(11)12(4-5-12)13(16,17)18/h1-2,7H,3-6H2. The number of hydrogen-bond acceptors (Lipinski definition) is 1. The summed E-state index contributed by atoms with van der Waals surface area (Å²) in [6.45, 7) is 0. The van der Waals surface area contributed by atoms with E-state index in [1.54, 1.807) is 0 Å². The van der Waals surface area contributed by atoms with Gasteiger partial charge in [-0.3, -0.25) is 0 Å². The van der Waals surface area contributed by atoms with E-state index in [0.717, 1.165) is 12.1 Å². The minimum absolute atomic E-state index is 0.0224. The minimum Gasteiger partial charge on any atom is -0.312 e. The van der Waals surface area contributed by atoms with Gasteiger partial charge < -0.3 is 4.57 Å². The molecule has 1 fully saturated rings. The van der Waals surface area contributed by atoms with Crippen LogP contribution in [0.1, 0.15) is 18.7 Å². The van der Waals surface area contributed by atoms with Gasteiger partial charge in [0.05, 0.1) is 11.0 Å². The van der Waals surface area contributed by atoms with Gasteiger partial charge in [0.15, 0.2) is 0 Å². The molecule has 0 atom stereocenters. The van der Waals surface area contributed by atoms with E-state index < -0.39 is 17.5 Å². The Morgan fingerprint density at radius 3 is 2.55 bits per heavy atom. The largest absolute Gasteiger partial charge is 0.412 e. The van der Waals surface area contributed by atoms with Gasteiger partial charge in [0.1, 0.15) is 17.2 Å². The van der Waals surface area contributed by atoms with E-state index in [1.165, 1.54) is 10.6 Å². The lowest BCUT2D eigenvalue weighted by Crippen LogP contribution is -2.36. The monoisotopic (exact) mass is 306 g/mol. The van der Waals surface area contributed by atoms with Gasteiger partial charge in [-0.15, -0.1) is 11.6 Å². The Kier molecular flexibility index (Phi) is 2.97. The molecule has 108 valence electrons. The average Bonchev–Trinajstić information content (AvgIpc) is 3.07. The molecule has 0 radical (unpaired) electrons. The summed E-state index contributed by atoms with van der Waals surface area (Å²) in [6.07, 6.45) is -4.09. The molecule has 3 rings (SSSR count). The van der Waals surface area contributed by atoms with Crippen LogP contribution in [-0.4, -0.2) is 21.6 Å². The summed E-state index contributed by atoms with van der Waals surface area (Å²) < 4.78 is 54.4. The molecule has 0 amide bonds. The number of aromatic nitrogens is 2. The molecule has 0 spiro atoms. The van der Waals surface area contributed by atoms with E-state index in [9.17, 15) is 17.6 Å². The highest BCUT2D eigenvalue weighted by atomic mass is 35.5. The topological polar surface area (TPSA) is 17.8 Å². The zero-order valence-corrected chi connectivity index (χ0v) is 11.1. The Balaban J connectivity index is 2.25. The number of alkyl halides is 4. The molecule has 1 aliphatic carbocycles. The number of fused-ring (bicyclic) bond motifs is 1. The molecule has 1 aliphatic rings. The highest BCUT2D eigenvalue weighted by molar-refractivity contribution is 6.17. The van der Waals surface area contributed by atoms with Crippen LogP contribution in [0.4, 0.5) is 17.6 Å². The highest BCUT2D eigenvalue weighted by Crippen LogP contribution is 2.56. The van der Waals surface area contributed by atoms with Crippen molar-refractivity contribution in [2.24, 2.45) is 0 Å². The first-order valence-corrected chi connectivity index (χ1v) is 6.72.